The lowest BCUT2D eigenvalue weighted by Crippen LogP contribution is -2.12. The van der Waals surface area contributed by atoms with Crippen molar-refractivity contribution in [2.45, 2.75) is 13.1 Å². The summed E-state index contributed by atoms with van der Waals surface area (Å²) in [6.07, 6.45) is 0. The maximum Gasteiger partial charge on any atom is 0.123 e. The highest BCUT2D eigenvalue weighted by atomic mass is 35.5. The summed E-state index contributed by atoms with van der Waals surface area (Å²) >= 11 is 7.72. The van der Waals surface area contributed by atoms with Crippen molar-refractivity contribution in [2.75, 3.05) is 7.11 Å². The van der Waals surface area contributed by atoms with E-state index >= 15 is 0 Å². The number of ether oxygens (including phenoxy) is 1. The first-order chi connectivity index (χ1) is 8.29. The summed E-state index contributed by atoms with van der Waals surface area (Å²) in [5.41, 5.74) is 1.08. The third kappa shape index (κ3) is 3.46. The van der Waals surface area contributed by atoms with E-state index in [0.717, 1.165) is 29.4 Å². The van der Waals surface area contributed by atoms with Gasteiger partial charge in [0.15, 0.2) is 0 Å². The van der Waals surface area contributed by atoms with Crippen LogP contribution in [0, 0.1) is 0 Å². The number of thiophene rings is 1. The van der Waals surface area contributed by atoms with Gasteiger partial charge in [0.05, 0.1) is 7.11 Å². The molecule has 0 fully saturated rings. The van der Waals surface area contributed by atoms with Crippen LogP contribution in [0.25, 0.3) is 0 Å². The second-order valence-electron chi connectivity index (χ2n) is 3.64. The van der Waals surface area contributed by atoms with E-state index in [1.54, 1.807) is 18.4 Å². The molecular formula is C13H14ClNOS. The van der Waals surface area contributed by atoms with E-state index < -0.39 is 0 Å². The van der Waals surface area contributed by atoms with Crippen molar-refractivity contribution in [2.24, 2.45) is 0 Å². The van der Waals surface area contributed by atoms with E-state index in [0.29, 0.717) is 0 Å². The van der Waals surface area contributed by atoms with Crippen LogP contribution in [0.1, 0.15) is 10.4 Å². The summed E-state index contributed by atoms with van der Waals surface area (Å²) < 4.78 is 5.29. The normalized spacial score (nSPS) is 10.5. The molecule has 1 aromatic carbocycles. The minimum atomic E-state index is 0.735. The topological polar surface area (TPSA) is 21.3 Å². The standard InChI is InChI=1S/C13H14ClNOS/c1-16-13-5-4-11(14)7-10(13)8-15-9-12-3-2-6-17-12/h2-7,15H,8-9H2,1H3. The summed E-state index contributed by atoms with van der Waals surface area (Å²) in [4.78, 5) is 1.32. The summed E-state index contributed by atoms with van der Waals surface area (Å²) in [5.74, 6) is 0.869. The number of hydrogen-bond acceptors (Lipinski definition) is 3. The zero-order valence-electron chi connectivity index (χ0n) is 9.57. The third-order valence-corrected chi connectivity index (χ3v) is 3.55. The largest absolute Gasteiger partial charge is 0.496 e. The first kappa shape index (κ1) is 12.4. The van der Waals surface area contributed by atoms with Crippen molar-refractivity contribution in [1.29, 1.82) is 0 Å². The van der Waals surface area contributed by atoms with Gasteiger partial charge < -0.3 is 10.1 Å². The summed E-state index contributed by atoms with van der Waals surface area (Å²) in [7, 11) is 1.67. The van der Waals surface area contributed by atoms with Crippen LogP contribution in [0.5, 0.6) is 5.75 Å². The van der Waals surface area contributed by atoms with Crippen molar-refractivity contribution >= 4 is 22.9 Å². The Morgan fingerprint density at radius 2 is 2.18 bits per heavy atom. The molecule has 2 rings (SSSR count). The second kappa shape index (κ2) is 6.05. The smallest absolute Gasteiger partial charge is 0.123 e. The fraction of sp³-hybridized carbons (Fsp3) is 0.231. The van der Waals surface area contributed by atoms with Gasteiger partial charge in [-0.25, -0.2) is 0 Å². The zero-order chi connectivity index (χ0) is 12.1. The molecule has 2 nitrogen and oxygen atoms in total. The Kier molecular flexibility index (Phi) is 4.42. The molecule has 4 heteroatoms. The molecule has 90 valence electrons. The van der Waals surface area contributed by atoms with E-state index in [1.165, 1.54) is 4.88 Å². The molecule has 2 aromatic rings. The summed E-state index contributed by atoms with van der Waals surface area (Å²) in [6.45, 7) is 1.62. The van der Waals surface area contributed by atoms with Gasteiger partial charge in [-0.15, -0.1) is 11.3 Å². The van der Waals surface area contributed by atoms with Crippen LogP contribution in [0.15, 0.2) is 35.7 Å². The summed E-state index contributed by atoms with van der Waals surface area (Å²) in [6, 6.07) is 9.84. The van der Waals surface area contributed by atoms with Gasteiger partial charge in [-0.2, -0.15) is 0 Å². The van der Waals surface area contributed by atoms with E-state index in [2.05, 4.69) is 22.8 Å². The van der Waals surface area contributed by atoms with Crippen LogP contribution in [0.2, 0.25) is 5.02 Å². The second-order valence-corrected chi connectivity index (χ2v) is 5.11. The van der Waals surface area contributed by atoms with Gasteiger partial charge in [0.1, 0.15) is 5.75 Å². The maximum absolute atomic E-state index is 5.97. The number of halogens is 1. The molecule has 17 heavy (non-hydrogen) atoms. The van der Waals surface area contributed by atoms with Crippen molar-refractivity contribution in [1.82, 2.24) is 5.32 Å². The van der Waals surface area contributed by atoms with Crippen LogP contribution in [0.4, 0.5) is 0 Å². The van der Waals surface area contributed by atoms with Crippen molar-refractivity contribution in [3.8, 4) is 5.75 Å². The average Bonchev–Trinajstić information content (AvgIpc) is 2.82. The van der Waals surface area contributed by atoms with Gasteiger partial charge >= 0.3 is 0 Å². The van der Waals surface area contributed by atoms with Gasteiger partial charge in [-0.1, -0.05) is 17.7 Å². The van der Waals surface area contributed by atoms with Gasteiger partial charge in [-0.3, -0.25) is 0 Å². The molecule has 0 saturated carbocycles. The lowest BCUT2D eigenvalue weighted by Gasteiger charge is -2.09. The number of benzene rings is 1. The molecule has 0 amide bonds. The monoisotopic (exact) mass is 267 g/mol. The van der Waals surface area contributed by atoms with Gasteiger partial charge in [0.25, 0.3) is 0 Å². The van der Waals surface area contributed by atoms with E-state index in [9.17, 15) is 0 Å². The van der Waals surface area contributed by atoms with Crippen LogP contribution < -0.4 is 10.1 Å². The minimum Gasteiger partial charge on any atom is -0.496 e. The lowest BCUT2D eigenvalue weighted by atomic mass is 10.2. The SMILES string of the molecule is COc1ccc(Cl)cc1CNCc1cccs1. The molecule has 1 aromatic heterocycles. The third-order valence-electron chi connectivity index (χ3n) is 2.44. The Labute approximate surface area is 110 Å². The van der Waals surface area contributed by atoms with Crippen molar-refractivity contribution in [3.63, 3.8) is 0 Å². The molecule has 1 N–H and O–H groups in total. The molecule has 0 spiro atoms. The minimum absolute atomic E-state index is 0.735. The van der Waals surface area contributed by atoms with Crippen LogP contribution in [-0.2, 0) is 13.1 Å². The first-order valence-electron chi connectivity index (χ1n) is 5.35. The number of rotatable bonds is 5. The number of nitrogens with one attached hydrogen (secondary N) is 1. The van der Waals surface area contributed by atoms with Crippen LogP contribution in [0.3, 0.4) is 0 Å². The molecular weight excluding hydrogens is 254 g/mol. The Bertz CT molecular complexity index is 470. The predicted molar refractivity (Wildman–Crippen MR) is 72.9 cm³/mol. The Morgan fingerprint density at radius 3 is 2.88 bits per heavy atom. The van der Waals surface area contributed by atoms with Crippen LogP contribution in [-0.4, -0.2) is 7.11 Å². The van der Waals surface area contributed by atoms with E-state index in [4.69, 9.17) is 16.3 Å². The van der Waals surface area contributed by atoms with Gasteiger partial charge in [0.2, 0.25) is 0 Å². The van der Waals surface area contributed by atoms with Crippen molar-refractivity contribution in [3.05, 3.63) is 51.2 Å². The Morgan fingerprint density at radius 1 is 1.29 bits per heavy atom. The molecule has 0 aliphatic rings. The highest BCUT2D eigenvalue weighted by Crippen LogP contribution is 2.22. The zero-order valence-corrected chi connectivity index (χ0v) is 11.1. The van der Waals surface area contributed by atoms with Crippen molar-refractivity contribution < 1.29 is 4.74 Å². The molecule has 0 bridgehead atoms. The number of hydrogen-bond donors (Lipinski definition) is 1. The lowest BCUT2D eigenvalue weighted by molar-refractivity contribution is 0.407. The fourth-order valence-corrected chi connectivity index (χ4v) is 2.49. The van der Waals surface area contributed by atoms with Crippen LogP contribution >= 0.6 is 22.9 Å². The highest BCUT2D eigenvalue weighted by molar-refractivity contribution is 7.09. The van der Waals surface area contributed by atoms with E-state index in [1.807, 2.05) is 18.2 Å². The predicted octanol–water partition coefficient (Wildman–Crippen LogP) is 3.70. The average molecular weight is 268 g/mol. The number of methoxy groups -OCH3 is 1. The van der Waals surface area contributed by atoms with Gasteiger partial charge in [0, 0.05) is 28.6 Å². The molecule has 0 aliphatic carbocycles. The molecule has 0 atom stereocenters. The highest BCUT2D eigenvalue weighted by Gasteiger charge is 2.03. The van der Waals surface area contributed by atoms with Gasteiger partial charge in [-0.05, 0) is 29.6 Å². The molecule has 0 saturated heterocycles. The molecule has 1 heterocycles. The Hall–Kier alpha value is -1.03. The summed E-state index contributed by atoms with van der Waals surface area (Å²) in [5, 5.41) is 6.19. The fourth-order valence-electron chi connectivity index (χ4n) is 1.62. The first-order valence-corrected chi connectivity index (χ1v) is 6.61. The molecule has 0 radical (unpaired) electrons. The quantitative estimate of drug-likeness (QED) is 0.892. The Balaban J connectivity index is 1.96. The van der Waals surface area contributed by atoms with E-state index in [-0.39, 0.29) is 0 Å². The molecule has 0 unspecified atom stereocenters. The maximum atomic E-state index is 5.97. The molecule has 0 aliphatic heterocycles.